The fourth-order valence-electron chi connectivity index (χ4n) is 6.43. The quantitative estimate of drug-likeness (QED) is 0.308. The van der Waals surface area contributed by atoms with E-state index in [0.29, 0.717) is 37.8 Å². The van der Waals surface area contributed by atoms with E-state index >= 15 is 0 Å². The number of rotatable bonds is 10. The van der Waals surface area contributed by atoms with Gasteiger partial charge in [0, 0.05) is 73.2 Å². The molecule has 5 rings (SSSR count). The number of nitrogens with zero attached hydrogens (tertiary/aromatic N) is 4. The van der Waals surface area contributed by atoms with Gasteiger partial charge in [-0.25, -0.2) is 18.7 Å². The van der Waals surface area contributed by atoms with E-state index < -0.39 is 28.1 Å². The van der Waals surface area contributed by atoms with E-state index in [1.54, 1.807) is 6.20 Å². The second kappa shape index (κ2) is 11.4. The minimum atomic E-state index is -0.812. The number of Topliss-reactive ketones (excluding diaryl/α,β-unsaturated/α-hetero) is 2. The molecule has 10 heteroatoms. The smallest absolute Gasteiger partial charge is 0.185 e. The van der Waals surface area contributed by atoms with Crippen LogP contribution in [0, 0.1) is 24.0 Å². The predicted molar refractivity (Wildman–Crippen MR) is 152 cm³/mol. The summed E-state index contributed by atoms with van der Waals surface area (Å²) in [5, 5.41) is 14.3. The second-order valence-corrected chi connectivity index (χ2v) is 13.2. The number of ketones is 2. The van der Waals surface area contributed by atoms with Crippen LogP contribution in [-0.2, 0) is 10.2 Å². The number of aromatic nitrogens is 3. The maximum absolute atomic E-state index is 14.3. The molecule has 2 aromatic heterocycles. The molecule has 0 amide bonds. The molecule has 2 aliphatic rings. The molecular weight excluding hydrogens is 542 g/mol. The van der Waals surface area contributed by atoms with Crippen LogP contribution in [0.1, 0.15) is 87.7 Å². The number of carbonyl (C=O) groups is 2. The average Bonchev–Trinajstić information content (AvgIpc) is 3.37. The number of aliphatic hydroxyl groups is 1. The molecule has 1 aromatic carbocycles. The lowest BCUT2D eigenvalue weighted by molar-refractivity contribution is -0.128. The molecule has 0 radical (unpaired) electrons. The van der Waals surface area contributed by atoms with Gasteiger partial charge >= 0.3 is 0 Å². The molecule has 0 bridgehead atoms. The van der Waals surface area contributed by atoms with E-state index in [1.165, 1.54) is 12.1 Å². The molecule has 1 aliphatic heterocycles. The molecule has 42 heavy (non-hydrogen) atoms. The molecule has 0 unspecified atom stereocenters. The maximum atomic E-state index is 14.3. The SMILES string of the molecule is Cc1ccnc(C(C)(C)CC(=O)CC2(CC(=O)c3cc(-c4ccc(F)cc4F)on3)CN(C3CCC(C)(O)CC3)C2)n1. The largest absolute Gasteiger partial charge is 0.390 e. The summed E-state index contributed by atoms with van der Waals surface area (Å²) in [6, 6.07) is 6.57. The first-order valence-corrected chi connectivity index (χ1v) is 14.5. The van der Waals surface area contributed by atoms with E-state index in [2.05, 4.69) is 20.0 Å². The van der Waals surface area contributed by atoms with Gasteiger partial charge in [0.25, 0.3) is 0 Å². The Balaban J connectivity index is 1.31. The highest BCUT2D eigenvalue weighted by atomic mass is 19.1. The fourth-order valence-corrected chi connectivity index (χ4v) is 6.43. The highest BCUT2D eigenvalue weighted by Gasteiger charge is 2.49. The number of halogens is 2. The van der Waals surface area contributed by atoms with Gasteiger partial charge in [0.15, 0.2) is 11.5 Å². The fraction of sp³-hybridized carbons (Fsp3) is 0.531. The van der Waals surface area contributed by atoms with E-state index in [0.717, 1.165) is 30.7 Å². The molecular formula is C32H38F2N4O4. The number of hydrogen-bond acceptors (Lipinski definition) is 8. The van der Waals surface area contributed by atoms with Crippen LogP contribution < -0.4 is 0 Å². The first-order valence-electron chi connectivity index (χ1n) is 14.5. The number of likely N-dealkylation sites (tertiary alicyclic amines) is 1. The monoisotopic (exact) mass is 580 g/mol. The Labute approximate surface area is 244 Å². The highest BCUT2D eigenvalue weighted by molar-refractivity contribution is 5.96. The van der Waals surface area contributed by atoms with E-state index in [4.69, 9.17) is 4.52 Å². The first kappa shape index (κ1) is 30.1. The molecule has 1 aliphatic carbocycles. The summed E-state index contributed by atoms with van der Waals surface area (Å²) in [6.45, 7) is 8.81. The zero-order chi connectivity index (χ0) is 30.3. The Morgan fingerprint density at radius 3 is 2.50 bits per heavy atom. The Bertz CT molecular complexity index is 1470. The van der Waals surface area contributed by atoms with E-state index in [1.807, 2.05) is 33.8 Å². The van der Waals surface area contributed by atoms with Crippen LogP contribution in [0.2, 0.25) is 0 Å². The normalized spacial score (nSPS) is 22.5. The molecule has 1 saturated carbocycles. The van der Waals surface area contributed by atoms with Gasteiger partial charge in [-0.15, -0.1) is 0 Å². The van der Waals surface area contributed by atoms with Crippen molar-refractivity contribution < 1.29 is 28.0 Å². The molecule has 8 nitrogen and oxygen atoms in total. The zero-order valence-corrected chi connectivity index (χ0v) is 24.6. The predicted octanol–water partition coefficient (Wildman–Crippen LogP) is 5.61. The van der Waals surface area contributed by atoms with Gasteiger partial charge in [-0.05, 0) is 57.7 Å². The molecule has 3 aromatic rings. The Morgan fingerprint density at radius 2 is 1.83 bits per heavy atom. The van der Waals surface area contributed by atoms with Crippen LogP contribution in [0.15, 0.2) is 41.1 Å². The molecule has 2 fully saturated rings. The molecule has 3 heterocycles. The summed E-state index contributed by atoms with van der Waals surface area (Å²) in [4.78, 5) is 38.2. The molecule has 1 saturated heterocycles. The summed E-state index contributed by atoms with van der Waals surface area (Å²) in [5.74, 6) is -1.16. The van der Waals surface area contributed by atoms with Gasteiger partial charge in [-0.3, -0.25) is 14.5 Å². The molecule has 0 atom stereocenters. The van der Waals surface area contributed by atoms with Crippen molar-refractivity contribution in [3.8, 4) is 11.3 Å². The van der Waals surface area contributed by atoms with Crippen LogP contribution >= 0.6 is 0 Å². The number of aryl methyl sites for hydroxylation is 1. The maximum Gasteiger partial charge on any atom is 0.185 e. The summed E-state index contributed by atoms with van der Waals surface area (Å²) in [6.07, 6.45) is 5.37. The van der Waals surface area contributed by atoms with Gasteiger partial charge in [-0.1, -0.05) is 19.0 Å². The van der Waals surface area contributed by atoms with Gasteiger partial charge in [-0.2, -0.15) is 0 Å². The van der Waals surface area contributed by atoms with Crippen LogP contribution in [0.5, 0.6) is 0 Å². The van der Waals surface area contributed by atoms with Crippen LogP contribution in [0.4, 0.5) is 8.78 Å². The number of benzene rings is 1. The van der Waals surface area contributed by atoms with Crippen molar-refractivity contribution in [3.05, 3.63) is 65.4 Å². The number of hydrogen-bond donors (Lipinski definition) is 1. The molecule has 0 spiro atoms. The Kier molecular flexibility index (Phi) is 8.15. The van der Waals surface area contributed by atoms with Crippen LogP contribution in [0.3, 0.4) is 0 Å². The summed E-state index contributed by atoms with van der Waals surface area (Å²) in [7, 11) is 0. The minimum Gasteiger partial charge on any atom is -0.390 e. The lowest BCUT2D eigenvalue weighted by Crippen LogP contribution is -2.62. The molecule has 224 valence electrons. The van der Waals surface area contributed by atoms with Crippen molar-refractivity contribution >= 4 is 11.6 Å². The lowest BCUT2D eigenvalue weighted by Gasteiger charge is -2.54. The van der Waals surface area contributed by atoms with Crippen molar-refractivity contribution in [1.29, 1.82) is 0 Å². The topological polar surface area (TPSA) is 109 Å². The summed E-state index contributed by atoms with van der Waals surface area (Å²) < 4.78 is 32.9. The van der Waals surface area contributed by atoms with Crippen LogP contribution in [0.25, 0.3) is 11.3 Å². The zero-order valence-electron chi connectivity index (χ0n) is 24.6. The van der Waals surface area contributed by atoms with Crippen molar-refractivity contribution in [3.63, 3.8) is 0 Å². The van der Waals surface area contributed by atoms with Gasteiger partial charge in [0.1, 0.15) is 28.9 Å². The lowest BCUT2D eigenvalue weighted by atomic mass is 9.68. The van der Waals surface area contributed by atoms with Crippen molar-refractivity contribution in [2.24, 2.45) is 5.41 Å². The average molecular weight is 581 g/mol. The third-order valence-electron chi connectivity index (χ3n) is 8.77. The third kappa shape index (κ3) is 6.65. The van der Waals surface area contributed by atoms with Crippen molar-refractivity contribution in [2.75, 3.05) is 13.1 Å². The summed E-state index contributed by atoms with van der Waals surface area (Å²) >= 11 is 0. The van der Waals surface area contributed by atoms with Crippen LogP contribution in [-0.4, -0.2) is 61.4 Å². The van der Waals surface area contributed by atoms with Crippen molar-refractivity contribution in [1.82, 2.24) is 20.0 Å². The Morgan fingerprint density at radius 1 is 1.12 bits per heavy atom. The van der Waals surface area contributed by atoms with Gasteiger partial charge in [0.05, 0.1) is 11.2 Å². The first-order chi connectivity index (χ1) is 19.7. The minimum absolute atomic E-state index is 0.0106. The van der Waals surface area contributed by atoms with E-state index in [-0.39, 0.29) is 47.8 Å². The standard InChI is InChI=1S/C32H38F2N4O4/c1-20-9-12-35-29(36-20)30(2,3)15-23(39)16-32(18-38(19-32)22-7-10-31(4,41)11-8-22)17-27(40)26-14-28(42-37-26)24-6-5-21(33)13-25(24)34/h5-6,9,12-14,22,41H,7-8,10-11,15-19H2,1-4H3. The van der Waals surface area contributed by atoms with E-state index in [9.17, 15) is 23.5 Å². The Hall–Kier alpha value is -3.37. The van der Waals surface area contributed by atoms with Gasteiger partial charge < -0.3 is 9.63 Å². The summed E-state index contributed by atoms with van der Waals surface area (Å²) in [5.41, 5.74) is -0.929. The third-order valence-corrected chi connectivity index (χ3v) is 8.77. The second-order valence-electron chi connectivity index (χ2n) is 13.2. The van der Waals surface area contributed by atoms with Gasteiger partial charge in [0.2, 0.25) is 0 Å². The van der Waals surface area contributed by atoms with Crippen molar-refractivity contribution in [2.45, 2.75) is 89.7 Å². The molecule has 1 N–H and O–H groups in total. The highest BCUT2D eigenvalue weighted by Crippen LogP contribution is 2.44. The number of carbonyl (C=O) groups excluding carboxylic acids is 2.